The summed E-state index contributed by atoms with van der Waals surface area (Å²) in [5.41, 5.74) is 0. The lowest BCUT2D eigenvalue weighted by Crippen LogP contribution is -2.06. The molecule has 0 aliphatic carbocycles. The van der Waals surface area contributed by atoms with Crippen molar-refractivity contribution in [3.63, 3.8) is 0 Å². The van der Waals surface area contributed by atoms with E-state index in [2.05, 4.69) is 13.8 Å². The number of carboxylic acids is 2. The smallest absolute Gasteiger partial charge is 0.314 e. The number of hydrogen-bond acceptors (Lipinski definition) is 5. The summed E-state index contributed by atoms with van der Waals surface area (Å²) in [6.45, 7) is 4.95. The van der Waals surface area contributed by atoms with Crippen molar-refractivity contribution in [1.82, 2.24) is 0 Å². The lowest BCUT2D eigenvalue weighted by Gasteiger charge is -2.13. The monoisotopic (exact) mass is 480 g/mol. The molecule has 0 radical (unpaired) electrons. The number of hydrogen-bond donors (Lipinski definition) is 3. The van der Waals surface area contributed by atoms with Crippen LogP contribution in [-0.2, 0) is 9.59 Å². The molecule has 186 valence electrons. The maximum Gasteiger partial charge on any atom is 0.314 e. The van der Waals surface area contributed by atoms with Crippen LogP contribution in [0.4, 0.5) is 0 Å². The van der Waals surface area contributed by atoms with E-state index in [-0.39, 0.29) is 11.5 Å². The molecular weight excluding hydrogens is 432 g/mol. The van der Waals surface area contributed by atoms with Gasteiger partial charge in [0.2, 0.25) is 0 Å². The Morgan fingerprint density at radius 1 is 0.613 bits per heavy atom. The molecule has 0 heterocycles. The van der Waals surface area contributed by atoms with E-state index in [1.165, 1.54) is 103 Å². The van der Waals surface area contributed by atoms with Gasteiger partial charge >= 0.3 is 11.9 Å². The molecule has 0 aliphatic rings. The second-order valence-electron chi connectivity index (χ2n) is 8.18. The molecule has 5 nitrogen and oxygen atoms in total. The van der Waals surface area contributed by atoms with Crippen molar-refractivity contribution in [1.29, 1.82) is 0 Å². The van der Waals surface area contributed by atoms with Crippen molar-refractivity contribution in [2.45, 2.75) is 117 Å². The summed E-state index contributed by atoms with van der Waals surface area (Å²) in [4.78, 5) is 19.7. The van der Waals surface area contributed by atoms with E-state index in [0.29, 0.717) is 12.5 Å². The third-order valence-corrected chi connectivity index (χ3v) is 7.24. The van der Waals surface area contributed by atoms with Crippen LogP contribution >= 0.6 is 21.6 Å². The molecule has 7 heteroatoms. The summed E-state index contributed by atoms with van der Waals surface area (Å²) in [5, 5.41) is 25.7. The molecule has 0 rings (SSSR count). The van der Waals surface area contributed by atoms with Gasteiger partial charge in [-0.05, 0) is 18.8 Å². The molecule has 1 unspecified atom stereocenters. The molecule has 0 spiro atoms. The first kappa shape index (κ1) is 32.8. The first-order valence-corrected chi connectivity index (χ1v) is 14.7. The van der Waals surface area contributed by atoms with Crippen LogP contribution in [0.1, 0.15) is 117 Å². The van der Waals surface area contributed by atoms with Crippen molar-refractivity contribution < 1.29 is 24.9 Å². The van der Waals surface area contributed by atoms with Gasteiger partial charge < -0.3 is 15.3 Å². The van der Waals surface area contributed by atoms with Crippen LogP contribution in [0.15, 0.2) is 0 Å². The fourth-order valence-electron chi connectivity index (χ4n) is 3.29. The van der Waals surface area contributed by atoms with Crippen molar-refractivity contribution in [2.75, 3.05) is 18.1 Å². The molecule has 0 bridgehead atoms. The molecule has 1 atom stereocenters. The largest absolute Gasteiger partial charge is 0.481 e. The number of rotatable bonds is 22. The number of unbranched alkanes of at least 4 members (excludes halogenated alkanes) is 12. The van der Waals surface area contributed by atoms with Gasteiger partial charge in [-0.25, -0.2) is 0 Å². The van der Waals surface area contributed by atoms with E-state index in [1.54, 1.807) is 0 Å². The lowest BCUT2D eigenvalue weighted by atomic mass is 9.95. The number of aliphatic carboxylic acids is 2. The first-order valence-electron chi connectivity index (χ1n) is 12.3. The van der Waals surface area contributed by atoms with Gasteiger partial charge in [0.15, 0.2) is 0 Å². The normalized spacial score (nSPS) is 11.6. The molecular formula is C24H48O5S2. The average Bonchev–Trinajstić information content (AvgIpc) is 2.74. The topological polar surface area (TPSA) is 94.8 Å². The molecule has 0 aliphatic heterocycles. The Morgan fingerprint density at radius 3 is 1.23 bits per heavy atom. The molecule has 0 amide bonds. The van der Waals surface area contributed by atoms with Gasteiger partial charge in [-0.1, -0.05) is 125 Å². The minimum atomic E-state index is -0.928. The molecule has 0 aromatic carbocycles. The zero-order valence-corrected chi connectivity index (χ0v) is 21.6. The SMILES string of the molecule is CCCCCCCCCCC(CO)CCCCCCCC.O=C(O)CSSCC(=O)O. The predicted molar refractivity (Wildman–Crippen MR) is 136 cm³/mol. The highest BCUT2D eigenvalue weighted by molar-refractivity contribution is 8.77. The Morgan fingerprint density at radius 2 is 0.935 bits per heavy atom. The Bertz CT molecular complexity index is 378. The van der Waals surface area contributed by atoms with Gasteiger partial charge in [0.05, 0.1) is 0 Å². The number of aliphatic hydroxyl groups is 1. The summed E-state index contributed by atoms with van der Waals surface area (Å²) in [6, 6.07) is 0. The van der Waals surface area contributed by atoms with E-state index >= 15 is 0 Å². The van der Waals surface area contributed by atoms with Crippen molar-refractivity contribution in [3.8, 4) is 0 Å². The Labute approximate surface area is 198 Å². The summed E-state index contributed by atoms with van der Waals surface area (Å²) >= 11 is 0. The van der Waals surface area contributed by atoms with Crippen molar-refractivity contribution in [3.05, 3.63) is 0 Å². The maximum atomic E-state index is 9.86. The molecule has 0 saturated heterocycles. The Balaban J connectivity index is 0. The van der Waals surface area contributed by atoms with Crippen LogP contribution in [0.3, 0.4) is 0 Å². The number of carboxylic acid groups (broad SMARTS) is 2. The lowest BCUT2D eigenvalue weighted by molar-refractivity contribution is -0.135. The molecule has 3 N–H and O–H groups in total. The van der Waals surface area contributed by atoms with Crippen LogP contribution in [-0.4, -0.2) is 45.4 Å². The van der Waals surface area contributed by atoms with Crippen LogP contribution in [0.5, 0.6) is 0 Å². The Hall–Kier alpha value is -0.400. The molecule has 0 aromatic rings. The quantitative estimate of drug-likeness (QED) is 0.110. The minimum Gasteiger partial charge on any atom is -0.481 e. The minimum absolute atomic E-state index is 0.0576. The summed E-state index contributed by atoms with van der Waals surface area (Å²) in [6.07, 6.45) is 21.8. The standard InChI is InChI=1S/C20H42O.C4H6O4S2/c1-3-5-7-9-11-12-14-16-18-20(19-21)17-15-13-10-8-6-4-2;5-3(6)1-9-10-2-4(7)8/h20-21H,3-19H2,1-2H3;1-2H2,(H,5,6)(H,7,8). The molecule has 31 heavy (non-hydrogen) atoms. The van der Waals surface area contributed by atoms with E-state index < -0.39 is 11.9 Å². The van der Waals surface area contributed by atoms with E-state index in [4.69, 9.17) is 10.2 Å². The number of carbonyl (C=O) groups is 2. The van der Waals surface area contributed by atoms with E-state index in [1.807, 2.05) is 0 Å². The third-order valence-electron chi connectivity index (χ3n) is 5.14. The summed E-state index contributed by atoms with van der Waals surface area (Å²) in [5.74, 6) is -1.39. The van der Waals surface area contributed by atoms with Crippen LogP contribution in [0, 0.1) is 5.92 Å². The molecule has 0 fully saturated rings. The van der Waals surface area contributed by atoms with Crippen molar-refractivity contribution in [2.24, 2.45) is 5.92 Å². The zero-order valence-electron chi connectivity index (χ0n) is 20.0. The summed E-state index contributed by atoms with van der Waals surface area (Å²) in [7, 11) is 2.05. The van der Waals surface area contributed by atoms with Crippen LogP contribution in [0.2, 0.25) is 0 Å². The van der Waals surface area contributed by atoms with Crippen LogP contribution in [0.25, 0.3) is 0 Å². The van der Waals surface area contributed by atoms with Crippen LogP contribution < -0.4 is 0 Å². The number of aliphatic hydroxyl groups excluding tert-OH is 1. The second kappa shape index (κ2) is 27.6. The fraction of sp³-hybridized carbons (Fsp3) is 0.917. The summed E-state index contributed by atoms with van der Waals surface area (Å²) < 4.78 is 0. The highest BCUT2D eigenvalue weighted by Gasteiger charge is 2.06. The first-order chi connectivity index (χ1) is 15.0. The van der Waals surface area contributed by atoms with Gasteiger partial charge in [-0.3, -0.25) is 9.59 Å². The fourth-order valence-corrected chi connectivity index (χ4v) is 4.76. The third kappa shape index (κ3) is 31.9. The van der Waals surface area contributed by atoms with Gasteiger partial charge in [0.1, 0.15) is 11.5 Å². The van der Waals surface area contributed by atoms with Gasteiger partial charge in [0, 0.05) is 6.61 Å². The molecule has 0 saturated carbocycles. The Kier molecular flexibility index (Phi) is 29.2. The van der Waals surface area contributed by atoms with E-state index in [0.717, 1.165) is 21.6 Å². The van der Waals surface area contributed by atoms with Crippen molar-refractivity contribution >= 4 is 33.5 Å². The predicted octanol–water partition coefficient (Wildman–Crippen LogP) is 7.41. The highest BCUT2D eigenvalue weighted by atomic mass is 33.1. The zero-order chi connectivity index (χ0) is 23.6. The second-order valence-corrected chi connectivity index (χ2v) is 10.6. The molecule has 0 aromatic heterocycles. The van der Waals surface area contributed by atoms with Gasteiger partial charge in [-0.15, -0.1) is 0 Å². The van der Waals surface area contributed by atoms with Gasteiger partial charge in [0.25, 0.3) is 0 Å². The van der Waals surface area contributed by atoms with Gasteiger partial charge in [-0.2, -0.15) is 0 Å². The average molecular weight is 481 g/mol. The van der Waals surface area contributed by atoms with E-state index in [9.17, 15) is 14.7 Å². The maximum absolute atomic E-state index is 9.86. The highest BCUT2D eigenvalue weighted by Crippen LogP contribution is 2.20.